The van der Waals surface area contributed by atoms with E-state index in [0.29, 0.717) is 6.61 Å². The summed E-state index contributed by atoms with van der Waals surface area (Å²) in [6.07, 6.45) is 6.17. The van der Waals surface area contributed by atoms with E-state index in [4.69, 9.17) is 0 Å². The lowest BCUT2D eigenvalue weighted by atomic mass is 9.74. The van der Waals surface area contributed by atoms with Crippen LogP contribution in [0, 0.1) is 12.3 Å². The molecule has 1 aromatic rings. The van der Waals surface area contributed by atoms with E-state index in [-0.39, 0.29) is 5.41 Å². The Kier molecular flexibility index (Phi) is 4.94. The molecule has 0 radical (unpaired) electrons. The van der Waals surface area contributed by atoms with Gasteiger partial charge >= 0.3 is 0 Å². The molecule has 1 aliphatic carbocycles. The van der Waals surface area contributed by atoms with Crippen molar-refractivity contribution in [1.82, 2.24) is 9.88 Å². The van der Waals surface area contributed by atoms with Gasteiger partial charge in [-0.15, -0.1) is 0 Å². The molecular weight excluding hydrogens is 236 g/mol. The molecule has 1 aliphatic rings. The molecule has 19 heavy (non-hydrogen) atoms. The minimum absolute atomic E-state index is 0.122. The zero-order chi connectivity index (χ0) is 13.7. The molecule has 106 valence electrons. The van der Waals surface area contributed by atoms with Gasteiger partial charge in [-0.3, -0.25) is 9.88 Å². The average Bonchev–Trinajstić information content (AvgIpc) is 2.39. The quantitative estimate of drug-likeness (QED) is 0.886. The molecule has 1 N–H and O–H groups in total. The Hall–Kier alpha value is -0.930. The van der Waals surface area contributed by atoms with Gasteiger partial charge in [-0.05, 0) is 38.9 Å². The van der Waals surface area contributed by atoms with Crippen molar-refractivity contribution >= 4 is 0 Å². The molecule has 0 aliphatic heterocycles. The van der Waals surface area contributed by atoms with Crippen LogP contribution in [0.3, 0.4) is 0 Å². The molecular formula is C16H26N2O. The smallest absolute Gasteiger partial charge is 0.0547 e. The van der Waals surface area contributed by atoms with Gasteiger partial charge < -0.3 is 5.11 Å². The third-order valence-electron chi connectivity index (χ3n) is 4.23. The molecule has 1 saturated carbocycles. The zero-order valence-electron chi connectivity index (χ0n) is 12.2. The zero-order valence-corrected chi connectivity index (χ0v) is 12.2. The van der Waals surface area contributed by atoms with Crippen molar-refractivity contribution in [2.24, 2.45) is 5.41 Å². The normalized spacial score (nSPS) is 18.7. The summed E-state index contributed by atoms with van der Waals surface area (Å²) in [6.45, 7) is 4.18. The van der Waals surface area contributed by atoms with Gasteiger partial charge in [0.25, 0.3) is 0 Å². The third-order valence-corrected chi connectivity index (χ3v) is 4.23. The molecule has 2 rings (SSSR count). The summed E-state index contributed by atoms with van der Waals surface area (Å²) in [6, 6.07) is 6.17. The monoisotopic (exact) mass is 262 g/mol. The second-order valence-electron chi connectivity index (χ2n) is 6.16. The highest BCUT2D eigenvalue weighted by Crippen LogP contribution is 2.36. The number of aromatic nitrogens is 1. The summed E-state index contributed by atoms with van der Waals surface area (Å²) in [5, 5.41) is 9.76. The fourth-order valence-electron chi connectivity index (χ4n) is 3.26. The lowest BCUT2D eigenvalue weighted by Crippen LogP contribution is -2.39. The van der Waals surface area contributed by atoms with E-state index in [0.717, 1.165) is 37.3 Å². The maximum absolute atomic E-state index is 9.76. The van der Waals surface area contributed by atoms with E-state index in [9.17, 15) is 5.11 Å². The summed E-state index contributed by atoms with van der Waals surface area (Å²) in [5.74, 6) is 0. The molecule has 1 aromatic heterocycles. The summed E-state index contributed by atoms with van der Waals surface area (Å²) in [5.41, 5.74) is 2.31. The number of aliphatic hydroxyl groups is 1. The van der Waals surface area contributed by atoms with Crippen molar-refractivity contribution in [3.63, 3.8) is 0 Å². The van der Waals surface area contributed by atoms with Gasteiger partial charge in [0.05, 0.1) is 5.69 Å². The van der Waals surface area contributed by atoms with Gasteiger partial charge in [-0.1, -0.05) is 25.3 Å². The van der Waals surface area contributed by atoms with Crippen LogP contribution in [0.5, 0.6) is 0 Å². The molecule has 0 saturated heterocycles. The second kappa shape index (κ2) is 6.49. The van der Waals surface area contributed by atoms with Crippen molar-refractivity contribution in [2.75, 3.05) is 20.2 Å². The number of aryl methyl sites for hydroxylation is 1. The Balaban J connectivity index is 1.94. The van der Waals surface area contributed by atoms with Crippen LogP contribution < -0.4 is 0 Å². The maximum Gasteiger partial charge on any atom is 0.0547 e. The van der Waals surface area contributed by atoms with Gasteiger partial charge in [0, 0.05) is 30.8 Å². The molecule has 0 spiro atoms. The van der Waals surface area contributed by atoms with Crippen molar-refractivity contribution in [3.8, 4) is 0 Å². The maximum atomic E-state index is 9.76. The van der Waals surface area contributed by atoms with E-state index in [1.54, 1.807) is 0 Å². The van der Waals surface area contributed by atoms with Crippen molar-refractivity contribution in [2.45, 2.75) is 45.6 Å². The standard InChI is InChI=1S/C16H26N2O/c1-14-7-6-8-15(17-14)11-18(2)12-16(13-19)9-4-3-5-10-16/h6-8,19H,3-5,9-13H2,1-2H3. The fraction of sp³-hybridized carbons (Fsp3) is 0.688. The van der Waals surface area contributed by atoms with Crippen LogP contribution in [0.1, 0.15) is 43.5 Å². The minimum atomic E-state index is 0.122. The van der Waals surface area contributed by atoms with Crippen LogP contribution >= 0.6 is 0 Å². The lowest BCUT2D eigenvalue weighted by molar-refractivity contribution is 0.0460. The van der Waals surface area contributed by atoms with Crippen LogP contribution in [0.15, 0.2) is 18.2 Å². The first-order valence-corrected chi connectivity index (χ1v) is 7.35. The van der Waals surface area contributed by atoms with Gasteiger partial charge in [0.15, 0.2) is 0 Å². The molecule has 0 bridgehead atoms. The number of nitrogens with zero attached hydrogens (tertiary/aromatic N) is 2. The van der Waals surface area contributed by atoms with Crippen molar-refractivity contribution in [1.29, 1.82) is 0 Å². The van der Waals surface area contributed by atoms with E-state index in [2.05, 4.69) is 29.1 Å². The van der Waals surface area contributed by atoms with Crippen LogP contribution in [0.2, 0.25) is 0 Å². The largest absolute Gasteiger partial charge is 0.396 e. The van der Waals surface area contributed by atoms with Crippen LogP contribution in [0.4, 0.5) is 0 Å². The second-order valence-corrected chi connectivity index (χ2v) is 6.16. The van der Waals surface area contributed by atoms with Crippen LogP contribution in [0.25, 0.3) is 0 Å². The Morgan fingerprint density at radius 3 is 2.63 bits per heavy atom. The van der Waals surface area contributed by atoms with Crippen molar-refractivity contribution in [3.05, 3.63) is 29.6 Å². The topological polar surface area (TPSA) is 36.4 Å². The summed E-state index contributed by atoms with van der Waals surface area (Å²) in [4.78, 5) is 6.86. The Bertz CT molecular complexity index is 399. The molecule has 1 fully saturated rings. The molecule has 0 aromatic carbocycles. The van der Waals surface area contributed by atoms with E-state index in [1.165, 1.54) is 19.3 Å². The van der Waals surface area contributed by atoms with E-state index in [1.807, 2.05) is 13.0 Å². The van der Waals surface area contributed by atoms with Gasteiger partial charge in [-0.2, -0.15) is 0 Å². The van der Waals surface area contributed by atoms with Gasteiger partial charge in [0.1, 0.15) is 0 Å². The number of aliphatic hydroxyl groups excluding tert-OH is 1. The molecule has 1 heterocycles. The predicted octanol–water partition coefficient (Wildman–Crippen LogP) is 2.76. The Morgan fingerprint density at radius 2 is 2.00 bits per heavy atom. The molecule has 3 nitrogen and oxygen atoms in total. The Morgan fingerprint density at radius 1 is 1.26 bits per heavy atom. The number of pyridine rings is 1. The molecule has 0 atom stereocenters. The first kappa shape index (κ1) is 14.5. The predicted molar refractivity (Wildman–Crippen MR) is 77.9 cm³/mol. The highest BCUT2D eigenvalue weighted by Gasteiger charge is 2.32. The van der Waals surface area contributed by atoms with Crippen LogP contribution in [-0.2, 0) is 6.54 Å². The lowest BCUT2D eigenvalue weighted by Gasteiger charge is -2.38. The van der Waals surface area contributed by atoms with Crippen LogP contribution in [-0.4, -0.2) is 35.2 Å². The number of hydrogen-bond donors (Lipinski definition) is 1. The fourth-order valence-corrected chi connectivity index (χ4v) is 3.26. The first-order valence-electron chi connectivity index (χ1n) is 7.35. The molecule has 0 amide bonds. The average molecular weight is 262 g/mol. The van der Waals surface area contributed by atoms with E-state index >= 15 is 0 Å². The van der Waals surface area contributed by atoms with Gasteiger partial charge in [0.2, 0.25) is 0 Å². The molecule has 0 unspecified atom stereocenters. The third kappa shape index (κ3) is 4.02. The summed E-state index contributed by atoms with van der Waals surface area (Å²) >= 11 is 0. The summed E-state index contributed by atoms with van der Waals surface area (Å²) < 4.78 is 0. The van der Waals surface area contributed by atoms with Crippen molar-refractivity contribution < 1.29 is 5.11 Å². The highest BCUT2D eigenvalue weighted by molar-refractivity contribution is 5.09. The first-order chi connectivity index (χ1) is 9.13. The molecule has 3 heteroatoms. The number of hydrogen-bond acceptors (Lipinski definition) is 3. The Labute approximate surface area is 116 Å². The number of rotatable bonds is 5. The summed E-state index contributed by atoms with van der Waals surface area (Å²) in [7, 11) is 2.13. The highest BCUT2D eigenvalue weighted by atomic mass is 16.3. The van der Waals surface area contributed by atoms with Gasteiger partial charge in [-0.25, -0.2) is 0 Å². The minimum Gasteiger partial charge on any atom is -0.396 e. The SMILES string of the molecule is Cc1cccc(CN(C)CC2(CO)CCCCC2)n1. The van der Waals surface area contributed by atoms with E-state index < -0.39 is 0 Å².